The van der Waals surface area contributed by atoms with E-state index in [0.29, 0.717) is 80.8 Å². The summed E-state index contributed by atoms with van der Waals surface area (Å²) in [6, 6.07) is 20.3. The number of allylic oxidation sites excluding steroid dienone is 7. The first-order valence-electron chi connectivity index (χ1n) is 35.3. The Morgan fingerprint density at radius 2 is 1.27 bits per heavy atom. The van der Waals surface area contributed by atoms with Crippen molar-refractivity contribution < 1.29 is 122 Å². The number of hydrogen-bond acceptors (Lipinski definition) is 25. The molecule has 0 bridgehead atoms. The Bertz CT molecular complexity index is 4580. The molecule has 2 aliphatic heterocycles. The molecule has 1 aromatic heterocycles. The number of Topliss-reactive ketones (excluding diaryl/α,β-unsaturated/α-hetero) is 2. The molecule has 3 aliphatic rings. The lowest BCUT2D eigenvalue weighted by Gasteiger charge is -2.28. The first-order valence-corrected chi connectivity index (χ1v) is 41.5. The van der Waals surface area contributed by atoms with Crippen LogP contribution in [0.4, 0.5) is 16.2 Å². The van der Waals surface area contributed by atoms with Crippen LogP contribution in [-0.4, -0.2) is 179 Å². The zero-order valence-electron chi connectivity index (χ0n) is 62.3. The number of carboxylic acids is 2. The summed E-state index contributed by atoms with van der Waals surface area (Å²) >= 11 is 0. The van der Waals surface area contributed by atoms with Gasteiger partial charge in [0.15, 0.2) is 11.5 Å². The number of aromatic amines is 1. The summed E-state index contributed by atoms with van der Waals surface area (Å²) in [6.07, 6.45) is 19.6. The molecule has 7 rings (SSSR count). The van der Waals surface area contributed by atoms with Gasteiger partial charge in [0.25, 0.3) is 10.1 Å². The van der Waals surface area contributed by atoms with Crippen LogP contribution in [-0.2, 0) is 109 Å². The van der Waals surface area contributed by atoms with Crippen molar-refractivity contribution in [2.45, 2.75) is 199 Å². The maximum atomic E-state index is 14.1. The van der Waals surface area contributed by atoms with Gasteiger partial charge in [-0.3, -0.25) is 23.7 Å². The van der Waals surface area contributed by atoms with Crippen LogP contribution < -0.4 is 25.6 Å². The summed E-state index contributed by atoms with van der Waals surface area (Å²) < 4.78 is 153. The van der Waals surface area contributed by atoms with E-state index < -0.39 is 110 Å². The number of unbranched alkanes of at least 4 members (excludes halogenated alkanes) is 7. The molecule has 3 atom stereocenters. The molecule has 3 heterocycles. The van der Waals surface area contributed by atoms with E-state index in [-0.39, 0.29) is 81.0 Å². The van der Waals surface area contributed by atoms with Crippen LogP contribution >= 0.6 is 0 Å². The largest absolute Gasteiger partial charge is 0.748 e. The number of aromatic nitrogens is 2. The van der Waals surface area contributed by atoms with Gasteiger partial charge in [0.05, 0.1) is 39.6 Å². The highest BCUT2D eigenvalue weighted by molar-refractivity contribution is 7.86. The second-order valence-corrected chi connectivity index (χ2v) is 31.7. The molecule has 0 unspecified atom stereocenters. The highest BCUT2D eigenvalue weighted by atomic mass is 32.2. The third-order valence-corrected chi connectivity index (χ3v) is 19.6. The van der Waals surface area contributed by atoms with Crippen molar-refractivity contribution in [1.29, 1.82) is 0 Å². The number of ketones is 2. The number of benzene rings is 3. The highest BCUT2D eigenvalue weighted by Gasteiger charge is 2.44. The number of aliphatic carboxylic acids is 2. The molecule has 0 saturated carbocycles. The van der Waals surface area contributed by atoms with Crippen LogP contribution in [0.5, 0.6) is 5.75 Å². The third kappa shape index (κ3) is 35.4. The number of H-pyrrole nitrogens is 1. The van der Waals surface area contributed by atoms with Crippen molar-refractivity contribution in [3.63, 3.8) is 0 Å². The SMILES string of the molecule is CC(C)NC(=O)N[C@@H](CCC(=O)CCCCCCCCC(=O)N[C@@H](Cc1cnc[nH]1)C(=O)C[C@@H](Cc1ccc(OC2=C(C=CC3=[N+](CCCCS(=O)(=O)O)c4ccccc4C3(C)C)CCCC2=CC=C2N(CCCCS(=O)(=O)[O-])c3ccccc3C2(C)C)cc1)C(=O)O)C(=O)O.O=C=O.O=S(=O)=O.O=S(=O)=O.O=S(=O)=O. The van der Waals surface area contributed by atoms with Crippen LogP contribution in [0.25, 0.3) is 0 Å². The number of rotatable bonds is 39. The van der Waals surface area contributed by atoms with Gasteiger partial charge in [-0.2, -0.15) is 22.6 Å². The molecule has 38 heteroatoms. The minimum absolute atomic E-state index is 0.00143. The van der Waals surface area contributed by atoms with E-state index >= 15 is 0 Å². The number of hydrogen-bond donors (Lipinski definition) is 7. The normalized spacial score (nSPS) is 15.4. The van der Waals surface area contributed by atoms with Gasteiger partial charge in [0, 0.05) is 103 Å². The molecule has 0 spiro atoms. The van der Waals surface area contributed by atoms with Crippen molar-refractivity contribution >= 4 is 111 Å². The predicted octanol–water partition coefficient (Wildman–Crippen LogP) is 7.43. The maximum absolute atomic E-state index is 14.1. The van der Waals surface area contributed by atoms with Crippen molar-refractivity contribution in [2.24, 2.45) is 5.92 Å². The number of carbonyl (C=O) groups is 6. The van der Waals surface area contributed by atoms with Crippen LogP contribution in [0.1, 0.15) is 180 Å². The number of nitrogens with one attached hydrogen (secondary N) is 4. The number of fused-ring (bicyclic) bond motifs is 2. The maximum Gasteiger partial charge on any atom is 0.425 e. The standard InChI is InChI=1S/C72H95N7O15S2.CO2.3O3S/c1-49(2)75-70(87)77-59(69(85)86)37-34-55(80)24-11-9-7-8-10-12-29-66(82)76-60(46-54-47-73-48-74-54)63(81)45-53(68(83)84)44-50-30-35-56(36-31-50)94-67-51(32-38-64-71(3,4)57-25-13-15-27-61(57)78(64)40-17-19-42-95(88,89)90)22-21-23-52(67)33-39-65-72(5,6)58-26-14-16-28-62(58)79(65)41-18-20-43-96(91,92)93;2-1-3;3*1-4(2)3/h13-16,25-28,30-33,35-36,38-39,47-49,53,59-60H,7-12,17-24,29,34,37,40-46H2,1-6H3,(H7-,73,74,75,76,77,82,83,84,85,86,87,88,89,90,91,92,93);;;;/t53-,59+,60+;;;;/m1..../s1. The summed E-state index contributed by atoms with van der Waals surface area (Å²) in [5.74, 6) is -4.09. The lowest BCUT2D eigenvalue weighted by molar-refractivity contribution is -0.438. The van der Waals surface area contributed by atoms with Crippen molar-refractivity contribution in [2.75, 3.05) is 29.5 Å². The number of amides is 3. The van der Waals surface area contributed by atoms with Gasteiger partial charge in [-0.15, -0.1) is 37.9 Å². The monoisotopic (exact) mass is 1650 g/mol. The number of nitrogens with zero attached hydrogens (tertiary/aromatic N) is 3. The van der Waals surface area contributed by atoms with Crippen molar-refractivity contribution in [3.05, 3.63) is 155 Å². The van der Waals surface area contributed by atoms with Crippen LogP contribution in [0, 0.1) is 5.92 Å². The molecule has 33 nitrogen and oxygen atoms in total. The Morgan fingerprint density at radius 3 is 1.85 bits per heavy atom. The van der Waals surface area contributed by atoms with Crippen molar-refractivity contribution in [3.8, 4) is 5.75 Å². The second kappa shape index (κ2) is 47.4. The first kappa shape index (κ1) is 95.4. The first-order chi connectivity index (χ1) is 52.1. The lowest BCUT2D eigenvalue weighted by atomic mass is 9.81. The number of ether oxygens (including phenoxy) is 1. The minimum Gasteiger partial charge on any atom is -0.748 e. The predicted molar refractivity (Wildman–Crippen MR) is 401 cm³/mol. The van der Waals surface area contributed by atoms with E-state index in [1.54, 1.807) is 44.3 Å². The highest BCUT2D eigenvalue weighted by Crippen LogP contribution is 2.48. The Hall–Kier alpha value is -9.82. The van der Waals surface area contributed by atoms with Crippen LogP contribution in [0.3, 0.4) is 0 Å². The van der Waals surface area contributed by atoms with E-state index in [0.717, 1.165) is 77.2 Å². The minimum atomic E-state index is -4.38. The Kier molecular flexibility index (Phi) is 40.7. The molecule has 608 valence electrons. The Morgan fingerprint density at radius 1 is 0.685 bits per heavy atom. The molecule has 0 fully saturated rings. The number of carboxylic acid groups (broad SMARTS) is 2. The van der Waals surface area contributed by atoms with Crippen LogP contribution in [0.15, 0.2) is 132 Å². The van der Waals surface area contributed by atoms with Gasteiger partial charge in [-0.25, -0.2) is 23.0 Å². The molecular weight excluding hydrogens is 1550 g/mol. The van der Waals surface area contributed by atoms with E-state index in [1.807, 2.05) is 30.3 Å². The third-order valence-electron chi connectivity index (χ3n) is 18.0. The van der Waals surface area contributed by atoms with Gasteiger partial charge in [0.1, 0.15) is 29.9 Å². The van der Waals surface area contributed by atoms with Gasteiger partial charge in [-0.1, -0.05) is 94.1 Å². The van der Waals surface area contributed by atoms with E-state index in [4.69, 9.17) is 52.2 Å². The number of carbonyl (C=O) groups excluding carboxylic acids is 6. The molecule has 1 aliphatic carbocycles. The lowest BCUT2D eigenvalue weighted by Crippen LogP contribution is -2.48. The van der Waals surface area contributed by atoms with E-state index in [2.05, 4.69) is 106 Å². The van der Waals surface area contributed by atoms with Gasteiger partial charge < -0.3 is 45.3 Å². The summed E-state index contributed by atoms with van der Waals surface area (Å²) in [5, 5.41) is 27.9. The summed E-state index contributed by atoms with van der Waals surface area (Å²) in [5.41, 5.74) is 8.35. The van der Waals surface area contributed by atoms with Crippen LogP contribution in [0.2, 0.25) is 0 Å². The number of para-hydroxylation sites is 2. The number of imidazole rings is 1. The fourth-order valence-corrected chi connectivity index (χ4v) is 14.0. The summed E-state index contributed by atoms with van der Waals surface area (Å²) in [7, 11) is -17.8. The fourth-order valence-electron chi connectivity index (χ4n) is 12.9. The Labute approximate surface area is 649 Å². The molecule has 0 saturated heterocycles. The zero-order valence-corrected chi connectivity index (χ0v) is 66.4. The smallest absolute Gasteiger partial charge is 0.425 e. The van der Waals surface area contributed by atoms with Gasteiger partial charge in [-0.05, 0) is 145 Å². The topological polar surface area (TPSA) is 522 Å². The molecule has 7 N–H and O–H groups in total. The number of anilines is 1. The van der Waals surface area contributed by atoms with Gasteiger partial charge in [0.2, 0.25) is 11.6 Å². The molecule has 3 amide bonds. The summed E-state index contributed by atoms with van der Waals surface area (Å²) in [6.45, 7) is 13.1. The second-order valence-electron chi connectivity index (χ2n) is 27.3. The quantitative estimate of drug-likeness (QED) is 0.0130. The Balaban J connectivity index is 0.00000195. The van der Waals surface area contributed by atoms with E-state index in [1.165, 1.54) is 6.33 Å². The zero-order chi connectivity index (χ0) is 83.2. The summed E-state index contributed by atoms with van der Waals surface area (Å²) in [4.78, 5) is 102. The fraction of sp³-hybridized carbons (Fsp3) is 0.493. The molecular formula is C73H95N7O26S5. The van der Waals surface area contributed by atoms with Crippen molar-refractivity contribution in [1.82, 2.24) is 25.9 Å². The average molecular weight is 1650 g/mol. The molecule has 3 aromatic carbocycles. The molecule has 111 heavy (non-hydrogen) atoms. The molecule has 4 aromatic rings. The average Bonchev–Trinajstić information content (AvgIpc) is 1.60. The van der Waals surface area contributed by atoms with E-state index in [9.17, 15) is 64.9 Å². The number of urea groups is 1. The molecule has 0 radical (unpaired) electrons. The van der Waals surface area contributed by atoms with Gasteiger partial charge >= 0.3 is 55.9 Å².